The number of cyclic esters (lactones) is 1. The van der Waals surface area contributed by atoms with Gasteiger partial charge in [0, 0.05) is 36.9 Å². The second-order valence-electron chi connectivity index (χ2n) is 7.57. The maximum absolute atomic E-state index is 13.1. The summed E-state index contributed by atoms with van der Waals surface area (Å²) in [6, 6.07) is 7.83. The van der Waals surface area contributed by atoms with Gasteiger partial charge in [-0.25, -0.2) is 18.6 Å². The van der Waals surface area contributed by atoms with Crippen molar-refractivity contribution in [1.29, 1.82) is 0 Å². The van der Waals surface area contributed by atoms with Crippen LogP contribution in [0.2, 0.25) is 0 Å². The maximum Gasteiger partial charge on any atom is 0.414 e. The second kappa shape index (κ2) is 10.0. The van der Waals surface area contributed by atoms with Crippen molar-refractivity contribution in [2.75, 3.05) is 37.0 Å². The Bertz CT molecular complexity index is 1320. The van der Waals surface area contributed by atoms with Crippen molar-refractivity contribution < 1.29 is 37.1 Å². The number of imidazole rings is 1. The number of halogens is 2. The van der Waals surface area contributed by atoms with Gasteiger partial charge in [0.1, 0.15) is 5.75 Å². The van der Waals surface area contributed by atoms with E-state index in [1.807, 2.05) is 0 Å². The second-order valence-corrected chi connectivity index (χ2v) is 7.57. The minimum Gasteiger partial charge on any atom is -0.494 e. The first-order chi connectivity index (χ1) is 17.6. The molecule has 11 heteroatoms. The molecule has 4 rings (SSSR count). The summed E-state index contributed by atoms with van der Waals surface area (Å²) < 4.78 is 60.7. The van der Waals surface area contributed by atoms with E-state index in [2.05, 4.69) is 10.3 Å². The van der Waals surface area contributed by atoms with Gasteiger partial charge in [0.25, 0.3) is 12.3 Å². The molecule has 0 saturated carbocycles. The number of benzene rings is 2. The van der Waals surface area contributed by atoms with Crippen LogP contribution in [-0.2, 0) is 11.3 Å². The number of hydrogen-bond acceptors (Lipinski definition) is 6. The van der Waals surface area contributed by atoms with E-state index in [9.17, 15) is 23.5 Å². The van der Waals surface area contributed by atoms with Gasteiger partial charge < -0.3 is 19.1 Å². The number of ether oxygens (including phenoxy) is 2. The molecule has 1 aromatic heterocycles. The normalized spacial score (nSPS) is 15.6. The first-order valence-electron chi connectivity index (χ1n) is 12.1. The van der Waals surface area contributed by atoms with Gasteiger partial charge in [-0.3, -0.25) is 15.0 Å². The molecule has 0 unspecified atom stereocenters. The number of methoxy groups -OCH3 is 1. The summed E-state index contributed by atoms with van der Waals surface area (Å²) in [5, 5.41) is 12.0. The number of anilines is 2. The zero-order valence-electron chi connectivity index (χ0n) is 21.0. The van der Waals surface area contributed by atoms with Crippen LogP contribution in [0.1, 0.15) is 39.3 Å². The van der Waals surface area contributed by atoms with E-state index in [0.717, 1.165) is 6.07 Å². The smallest absolute Gasteiger partial charge is 0.414 e. The van der Waals surface area contributed by atoms with Crippen LogP contribution in [0.5, 0.6) is 5.75 Å². The fraction of sp³-hybridized carbons (Fsp3) is 0.348. The van der Waals surface area contributed by atoms with Crippen LogP contribution in [-0.4, -0.2) is 53.5 Å². The highest BCUT2D eigenvalue weighted by molar-refractivity contribution is 6.04. The van der Waals surface area contributed by atoms with E-state index in [-0.39, 0.29) is 61.2 Å². The molecule has 9 nitrogen and oxygen atoms in total. The molecule has 34 heavy (non-hydrogen) atoms. The fourth-order valence-electron chi connectivity index (χ4n) is 3.74. The van der Waals surface area contributed by atoms with Crippen LogP contribution in [0.3, 0.4) is 0 Å². The Labute approximate surface area is 198 Å². The van der Waals surface area contributed by atoms with Crippen LogP contribution in [0.4, 0.5) is 25.2 Å². The van der Waals surface area contributed by atoms with Gasteiger partial charge in [0.15, 0.2) is 0 Å². The highest BCUT2D eigenvalue weighted by atomic mass is 19.3. The van der Waals surface area contributed by atoms with Crippen LogP contribution in [0.25, 0.3) is 11.0 Å². The molecule has 0 atom stereocenters. The summed E-state index contributed by atoms with van der Waals surface area (Å²) in [5.41, 5.74) is 0.453. The van der Waals surface area contributed by atoms with Crippen molar-refractivity contribution in [2.45, 2.75) is 25.8 Å². The molecule has 1 saturated heterocycles. The molecular weight excluding hydrogens is 450 g/mol. The highest BCUT2D eigenvalue weighted by Crippen LogP contribution is 2.36. The van der Waals surface area contributed by atoms with Gasteiger partial charge in [-0.15, -0.1) is 0 Å². The monoisotopic (exact) mass is 477 g/mol. The Balaban J connectivity index is 1.79. The van der Waals surface area contributed by atoms with Crippen LogP contribution in [0.15, 0.2) is 36.4 Å². The number of carbonyl (C=O) groups excluding carboxylic acids is 2. The number of amides is 2. The molecule has 2 amide bonds. The molecule has 2 heterocycles. The molecule has 1 fully saturated rings. The summed E-state index contributed by atoms with van der Waals surface area (Å²) in [4.78, 5) is 30.9. The molecule has 180 valence electrons. The summed E-state index contributed by atoms with van der Waals surface area (Å²) in [5.74, 6) is -0.782. The lowest BCUT2D eigenvalue weighted by molar-refractivity contribution is 0.102. The van der Waals surface area contributed by atoms with E-state index in [1.54, 1.807) is 0 Å². The maximum atomic E-state index is 13.1. The first-order valence-corrected chi connectivity index (χ1v) is 10.6. The number of fused-ring (bicyclic) bond motifs is 1. The average molecular weight is 477 g/mol. The number of carbonyl (C=O) groups is 2. The summed E-state index contributed by atoms with van der Waals surface area (Å²) >= 11 is 0. The Morgan fingerprint density at radius 3 is 2.97 bits per heavy atom. The summed E-state index contributed by atoms with van der Waals surface area (Å²) in [6.45, 7) is 0.487. The molecular formula is C23H24F2N4O5. The van der Waals surface area contributed by atoms with Crippen LogP contribution in [0, 0.1) is 0 Å². The lowest BCUT2D eigenvalue weighted by atomic mass is 10.1. The van der Waals surface area contributed by atoms with Gasteiger partial charge in [-0.2, -0.15) is 0 Å². The molecule has 2 aromatic carbocycles. The van der Waals surface area contributed by atoms with E-state index < -0.39 is 25.5 Å². The largest absolute Gasteiger partial charge is 0.494 e. The summed E-state index contributed by atoms with van der Waals surface area (Å²) in [7, 11) is -2.83. The predicted octanol–water partition coefficient (Wildman–Crippen LogP) is 3.96. The predicted molar refractivity (Wildman–Crippen MR) is 121 cm³/mol. The molecule has 1 aliphatic heterocycles. The minimum atomic E-state index is -2.83. The molecule has 0 spiro atoms. The number of aliphatic hydroxyl groups excluding tert-OH is 1. The van der Waals surface area contributed by atoms with Gasteiger partial charge in [-0.1, -0.05) is 12.1 Å². The van der Waals surface area contributed by atoms with E-state index >= 15 is 0 Å². The van der Waals surface area contributed by atoms with E-state index in [1.165, 1.54) is 39.8 Å². The number of aromatic nitrogens is 2. The van der Waals surface area contributed by atoms with Gasteiger partial charge in [0.05, 0.1) is 34.5 Å². The Hall–Kier alpha value is -3.73. The summed E-state index contributed by atoms with van der Waals surface area (Å²) in [6.07, 6.45) is -2.64. The molecule has 0 radical (unpaired) electrons. The average Bonchev–Trinajstić information content (AvgIpc) is 3.17. The number of aliphatic hydroxyl groups is 1. The number of nitrogens with one attached hydrogen (secondary N) is 1. The highest BCUT2D eigenvalue weighted by Gasteiger charge is 2.26. The van der Waals surface area contributed by atoms with Gasteiger partial charge in [0.2, 0.25) is 5.95 Å². The van der Waals surface area contributed by atoms with Crippen molar-refractivity contribution in [2.24, 2.45) is 0 Å². The number of hydrogen-bond donors (Lipinski definition) is 2. The standard InChI is InChI=1S/C23H24F2N4O5/c1-33-19-13-17-16(12-18(19)29-8-4-10-34-23(29)32)26-22(28(17)7-3-9-30)27-21(31)15-6-2-5-14(11-15)20(24)25/h2,5-6,11-13,20,30H,3-4,7-10H2,1H3,(H,26,27,31)/i1D3. The Morgan fingerprint density at radius 2 is 2.24 bits per heavy atom. The molecule has 3 aromatic rings. The third-order valence-electron chi connectivity index (χ3n) is 5.37. The first kappa shape index (κ1) is 19.7. The SMILES string of the molecule is [2H]C([2H])([2H])Oc1cc2c(cc1N1CCCOC1=O)nc(NC(=O)c1cccc(C(F)F)c1)n2CCCO. The van der Waals surface area contributed by atoms with Crippen LogP contribution < -0.4 is 15.0 Å². The Kier molecular flexibility index (Phi) is 5.82. The number of rotatable bonds is 8. The van der Waals surface area contributed by atoms with Crippen molar-refractivity contribution >= 4 is 34.7 Å². The zero-order chi connectivity index (χ0) is 26.7. The third kappa shape index (κ3) is 4.65. The van der Waals surface area contributed by atoms with E-state index in [4.69, 9.17) is 13.6 Å². The van der Waals surface area contributed by atoms with Crippen molar-refractivity contribution in [3.63, 3.8) is 0 Å². The number of nitrogens with zero attached hydrogens (tertiary/aromatic N) is 3. The zero-order valence-corrected chi connectivity index (χ0v) is 18.0. The van der Waals surface area contributed by atoms with Crippen LogP contribution >= 0.6 is 0 Å². The number of aryl methyl sites for hydroxylation is 1. The van der Waals surface area contributed by atoms with Gasteiger partial charge in [-0.05, 0) is 31.0 Å². The minimum absolute atomic E-state index is 0.0123. The van der Waals surface area contributed by atoms with Crippen molar-refractivity contribution in [3.05, 3.63) is 47.5 Å². The lowest BCUT2D eigenvalue weighted by Gasteiger charge is -2.27. The molecule has 2 N–H and O–H groups in total. The third-order valence-corrected chi connectivity index (χ3v) is 5.37. The van der Waals surface area contributed by atoms with E-state index in [0.29, 0.717) is 17.5 Å². The quantitative estimate of drug-likeness (QED) is 0.509. The number of alkyl halides is 2. The van der Waals surface area contributed by atoms with Crippen molar-refractivity contribution in [1.82, 2.24) is 9.55 Å². The molecule has 1 aliphatic rings. The Morgan fingerprint density at radius 1 is 1.38 bits per heavy atom. The lowest BCUT2D eigenvalue weighted by Crippen LogP contribution is -2.37. The van der Waals surface area contributed by atoms with Gasteiger partial charge >= 0.3 is 6.09 Å². The topological polar surface area (TPSA) is 106 Å². The molecule has 0 bridgehead atoms. The van der Waals surface area contributed by atoms with Crippen molar-refractivity contribution in [3.8, 4) is 5.75 Å². The molecule has 0 aliphatic carbocycles. The fourth-order valence-corrected chi connectivity index (χ4v) is 3.74.